The largest absolute Gasteiger partial charge is 0.453 e. The molecule has 0 saturated heterocycles. The SMILES string of the molecule is Cc1cc(C(=O)COC(=O)c2ccccn2)c(C)n1CCc1ccc(Cl)cc1. The summed E-state index contributed by atoms with van der Waals surface area (Å²) in [5, 5.41) is 0.713. The van der Waals surface area contributed by atoms with Crippen molar-refractivity contribution in [2.75, 3.05) is 6.61 Å². The third-order valence-electron chi connectivity index (χ3n) is 4.62. The van der Waals surface area contributed by atoms with Gasteiger partial charge in [-0.25, -0.2) is 9.78 Å². The molecule has 6 heteroatoms. The molecule has 2 heterocycles. The second kappa shape index (κ2) is 8.85. The Balaban J connectivity index is 1.64. The lowest BCUT2D eigenvalue weighted by molar-refractivity contribution is 0.0468. The van der Waals surface area contributed by atoms with Crippen molar-refractivity contribution in [3.8, 4) is 0 Å². The molecule has 0 radical (unpaired) electrons. The van der Waals surface area contributed by atoms with Crippen LogP contribution in [-0.4, -0.2) is 27.9 Å². The summed E-state index contributed by atoms with van der Waals surface area (Å²) in [6.07, 6.45) is 2.34. The van der Waals surface area contributed by atoms with Gasteiger partial charge in [0.15, 0.2) is 6.61 Å². The third kappa shape index (κ3) is 4.67. The molecule has 3 rings (SSSR count). The first-order chi connectivity index (χ1) is 13.5. The number of ether oxygens (including phenoxy) is 1. The minimum absolute atomic E-state index is 0.184. The van der Waals surface area contributed by atoms with Crippen LogP contribution in [0.3, 0.4) is 0 Å². The van der Waals surface area contributed by atoms with Crippen molar-refractivity contribution in [1.29, 1.82) is 0 Å². The van der Waals surface area contributed by atoms with Crippen LogP contribution in [0.25, 0.3) is 0 Å². The predicted molar refractivity (Wildman–Crippen MR) is 108 cm³/mol. The Hall–Kier alpha value is -2.92. The van der Waals surface area contributed by atoms with Crippen LogP contribution in [0.4, 0.5) is 0 Å². The number of carbonyl (C=O) groups excluding carboxylic acids is 2. The number of rotatable bonds is 7. The highest BCUT2D eigenvalue weighted by Crippen LogP contribution is 2.18. The number of aromatic nitrogens is 2. The zero-order valence-corrected chi connectivity index (χ0v) is 16.6. The van der Waals surface area contributed by atoms with Gasteiger partial charge < -0.3 is 9.30 Å². The third-order valence-corrected chi connectivity index (χ3v) is 4.87. The van der Waals surface area contributed by atoms with Crippen molar-refractivity contribution < 1.29 is 14.3 Å². The highest BCUT2D eigenvalue weighted by atomic mass is 35.5. The van der Waals surface area contributed by atoms with E-state index in [4.69, 9.17) is 16.3 Å². The van der Waals surface area contributed by atoms with Gasteiger partial charge >= 0.3 is 5.97 Å². The van der Waals surface area contributed by atoms with Crippen molar-refractivity contribution >= 4 is 23.4 Å². The fraction of sp³-hybridized carbons (Fsp3) is 0.227. The summed E-state index contributed by atoms with van der Waals surface area (Å²) in [6.45, 7) is 4.31. The van der Waals surface area contributed by atoms with Gasteiger partial charge in [0.05, 0.1) is 0 Å². The van der Waals surface area contributed by atoms with E-state index in [9.17, 15) is 9.59 Å². The summed E-state index contributed by atoms with van der Waals surface area (Å²) in [5.41, 5.74) is 3.79. The summed E-state index contributed by atoms with van der Waals surface area (Å²) < 4.78 is 7.22. The Morgan fingerprint density at radius 3 is 2.54 bits per heavy atom. The lowest BCUT2D eigenvalue weighted by Gasteiger charge is -2.10. The number of esters is 1. The fourth-order valence-electron chi connectivity index (χ4n) is 3.09. The smallest absolute Gasteiger partial charge is 0.357 e. The maximum atomic E-state index is 12.6. The molecule has 0 N–H and O–H groups in total. The first kappa shape index (κ1) is 19.8. The van der Waals surface area contributed by atoms with E-state index in [-0.39, 0.29) is 18.1 Å². The molecule has 0 unspecified atom stereocenters. The second-order valence-electron chi connectivity index (χ2n) is 6.53. The number of ketones is 1. The Morgan fingerprint density at radius 2 is 1.86 bits per heavy atom. The van der Waals surface area contributed by atoms with E-state index in [2.05, 4.69) is 9.55 Å². The number of halogens is 1. The molecule has 0 amide bonds. The average molecular weight is 397 g/mol. The fourth-order valence-corrected chi connectivity index (χ4v) is 3.21. The molecule has 0 aliphatic carbocycles. The highest BCUT2D eigenvalue weighted by molar-refractivity contribution is 6.30. The molecular formula is C22H21ClN2O3. The zero-order valence-electron chi connectivity index (χ0n) is 15.8. The lowest BCUT2D eigenvalue weighted by Crippen LogP contribution is -2.16. The Morgan fingerprint density at radius 1 is 1.11 bits per heavy atom. The number of hydrogen-bond acceptors (Lipinski definition) is 4. The molecule has 0 saturated carbocycles. The van der Waals surface area contributed by atoms with Gasteiger partial charge in [-0.2, -0.15) is 0 Å². The minimum Gasteiger partial charge on any atom is -0.453 e. The van der Waals surface area contributed by atoms with Crippen LogP contribution >= 0.6 is 11.6 Å². The highest BCUT2D eigenvalue weighted by Gasteiger charge is 2.18. The van der Waals surface area contributed by atoms with Gasteiger partial charge in [0.2, 0.25) is 5.78 Å². The lowest BCUT2D eigenvalue weighted by atomic mass is 10.1. The summed E-state index contributed by atoms with van der Waals surface area (Å²) in [4.78, 5) is 28.4. The van der Waals surface area contributed by atoms with Gasteiger partial charge in [-0.15, -0.1) is 0 Å². The molecule has 0 aliphatic rings. The van der Waals surface area contributed by atoms with Gasteiger partial charge in [0, 0.05) is 34.7 Å². The van der Waals surface area contributed by atoms with E-state index in [1.165, 1.54) is 11.8 Å². The maximum Gasteiger partial charge on any atom is 0.357 e. The van der Waals surface area contributed by atoms with Crippen LogP contribution in [0.1, 0.15) is 37.8 Å². The Kier molecular flexibility index (Phi) is 6.26. The van der Waals surface area contributed by atoms with Crippen LogP contribution in [-0.2, 0) is 17.7 Å². The van der Waals surface area contributed by atoms with Gasteiger partial charge in [-0.3, -0.25) is 4.79 Å². The van der Waals surface area contributed by atoms with Crippen molar-refractivity contribution in [1.82, 2.24) is 9.55 Å². The molecular weight excluding hydrogens is 376 g/mol. The number of nitrogens with zero attached hydrogens (tertiary/aromatic N) is 2. The van der Waals surface area contributed by atoms with Gasteiger partial charge in [-0.05, 0) is 56.2 Å². The Labute approximate surface area is 168 Å². The molecule has 0 atom stereocenters. The normalized spacial score (nSPS) is 10.7. The van der Waals surface area contributed by atoms with Crippen LogP contribution in [0.2, 0.25) is 5.02 Å². The summed E-state index contributed by atoms with van der Waals surface area (Å²) >= 11 is 5.93. The quantitative estimate of drug-likeness (QED) is 0.437. The molecule has 2 aromatic heterocycles. The van der Waals surface area contributed by atoms with Crippen LogP contribution < -0.4 is 0 Å². The molecule has 28 heavy (non-hydrogen) atoms. The van der Waals surface area contributed by atoms with E-state index in [1.807, 2.05) is 44.2 Å². The van der Waals surface area contributed by atoms with Crippen LogP contribution in [0.5, 0.6) is 0 Å². The monoisotopic (exact) mass is 396 g/mol. The number of aryl methyl sites for hydroxylation is 2. The minimum atomic E-state index is -0.606. The van der Waals surface area contributed by atoms with Crippen molar-refractivity contribution in [2.45, 2.75) is 26.8 Å². The van der Waals surface area contributed by atoms with E-state index in [1.54, 1.807) is 18.2 Å². The van der Waals surface area contributed by atoms with E-state index in [0.717, 1.165) is 24.4 Å². The van der Waals surface area contributed by atoms with Crippen LogP contribution in [0, 0.1) is 13.8 Å². The van der Waals surface area contributed by atoms with Crippen molar-refractivity contribution in [2.24, 2.45) is 0 Å². The first-order valence-electron chi connectivity index (χ1n) is 8.98. The van der Waals surface area contributed by atoms with Crippen molar-refractivity contribution in [3.63, 3.8) is 0 Å². The summed E-state index contributed by atoms with van der Waals surface area (Å²) in [7, 11) is 0. The maximum absolute atomic E-state index is 12.6. The molecule has 0 spiro atoms. The molecule has 0 fully saturated rings. The number of benzene rings is 1. The summed E-state index contributed by atoms with van der Waals surface area (Å²) in [6, 6.07) is 14.5. The predicted octanol–water partition coefficient (Wildman–Crippen LogP) is 4.44. The molecule has 3 aromatic rings. The molecule has 0 bridgehead atoms. The second-order valence-corrected chi connectivity index (χ2v) is 6.96. The number of Topliss-reactive ketones (excluding diaryl/α,β-unsaturated/α-hetero) is 1. The van der Waals surface area contributed by atoms with Gasteiger partial charge in [0.25, 0.3) is 0 Å². The zero-order chi connectivity index (χ0) is 20.1. The van der Waals surface area contributed by atoms with Gasteiger partial charge in [0.1, 0.15) is 5.69 Å². The molecule has 144 valence electrons. The number of carbonyl (C=O) groups is 2. The van der Waals surface area contributed by atoms with Crippen molar-refractivity contribution in [3.05, 3.63) is 88.0 Å². The molecule has 0 aliphatic heterocycles. The van der Waals surface area contributed by atoms with E-state index in [0.29, 0.717) is 10.6 Å². The number of hydrogen-bond donors (Lipinski definition) is 0. The topological polar surface area (TPSA) is 61.2 Å². The summed E-state index contributed by atoms with van der Waals surface area (Å²) in [5.74, 6) is -0.833. The standard InChI is InChI=1S/C22H21ClN2O3/c1-15-13-19(21(26)14-28-22(27)20-5-3-4-11-24-20)16(2)25(15)12-10-17-6-8-18(23)9-7-17/h3-9,11,13H,10,12,14H2,1-2H3. The van der Waals surface area contributed by atoms with E-state index >= 15 is 0 Å². The number of pyridine rings is 1. The van der Waals surface area contributed by atoms with Crippen LogP contribution in [0.15, 0.2) is 54.7 Å². The Bertz CT molecular complexity index is 979. The molecule has 5 nitrogen and oxygen atoms in total. The van der Waals surface area contributed by atoms with E-state index < -0.39 is 5.97 Å². The molecule has 1 aromatic carbocycles. The average Bonchev–Trinajstić information content (AvgIpc) is 3.00. The van der Waals surface area contributed by atoms with Gasteiger partial charge in [-0.1, -0.05) is 29.8 Å². The first-order valence-corrected chi connectivity index (χ1v) is 9.36.